The maximum Gasteiger partial charge on any atom is 0.343 e. The first kappa shape index (κ1) is 26.4. The Balaban J connectivity index is 1.47. The Morgan fingerprint density at radius 3 is 2.27 bits per heavy atom. The predicted molar refractivity (Wildman–Crippen MR) is 152 cm³/mol. The number of esters is 1. The molecule has 0 bridgehead atoms. The Labute approximate surface area is 220 Å². The first-order chi connectivity index (χ1) is 17.9. The number of nitrogens with zero attached hydrogens (tertiary/aromatic N) is 1. The van der Waals surface area contributed by atoms with Gasteiger partial charge in [0.2, 0.25) is 0 Å². The number of anilines is 1. The number of aliphatic hydroxyl groups excluding tert-OH is 1. The van der Waals surface area contributed by atoms with Crippen LogP contribution in [-0.4, -0.2) is 23.2 Å². The van der Waals surface area contributed by atoms with Crippen LogP contribution in [0.5, 0.6) is 5.75 Å². The minimum absolute atomic E-state index is 0.0474. The van der Waals surface area contributed by atoms with Crippen molar-refractivity contribution in [3.8, 4) is 5.75 Å². The summed E-state index contributed by atoms with van der Waals surface area (Å²) in [6, 6.07) is 28.7. The van der Waals surface area contributed by atoms with Crippen molar-refractivity contribution in [2.24, 2.45) is 0 Å². The van der Waals surface area contributed by atoms with E-state index in [-0.39, 0.29) is 12.6 Å². The smallest absolute Gasteiger partial charge is 0.343 e. The predicted octanol–water partition coefficient (Wildman–Crippen LogP) is 7.35. The van der Waals surface area contributed by atoms with Gasteiger partial charge in [0.1, 0.15) is 5.75 Å². The monoisotopic (exact) mass is 495 g/mol. The number of benzene rings is 4. The maximum absolute atomic E-state index is 13.0. The Bertz CT molecular complexity index is 1350. The van der Waals surface area contributed by atoms with Gasteiger partial charge in [-0.25, -0.2) is 4.79 Å². The number of rotatable bonds is 10. The normalized spacial score (nSPS) is 11.3. The van der Waals surface area contributed by atoms with Gasteiger partial charge in [-0.2, -0.15) is 0 Å². The summed E-state index contributed by atoms with van der Waals surface area (Å²) in [5.41, 5.74) is 4.80. The minimum Gasteiger partial charge on any atom is -0.423 e. The molecule has 4 nitrogen and oxygen atoms in total. The van der Waals surface area contributed by atoms with Crippen molar-refractivity contribution in [2.45, 2.75) is 65.6 Å². The van der Waals surface area contributed by atoms with E-state index in [1.165, 1.54) is 11.3 Å². The molecule has 0 saturated heterocycles. The van der Waals surface area contributed by atoms with Crippen LogP contribution >= 0.6 is 0 Å². The van der Waals surface area contributed by atoms with E-state index in [2.05, 4.69) is 56.9 Å². The molecule has 0 atom stereocenters. The van der Waals surface area contributed by atoms with E-state index in [4.69, 9.17) is 4.74 Å². The molecule has 0 fully saturated rings. The van der Waals surface area contributed by atoms with Gasteiger partial charge in [-0.15, -0.1) is 0 Å². The summed E-state index contributed by atoms with van der Waals surface area (Å²) in [6.07, 6.45) is 2.57. The quantitative estimate of drug-likeness (QED) is 0.185. The molecule has 1 N–H and O–H groups in total. The molecule has 0 heterocycles. The molecule has 0 saturated carbocycles. The Morgan fingerprint density at radius 1 is 0.784 bits per heavy atom. The number of carbonyl (C=O) groups excluding carboxylic acids is 1. The first-order valence-corrected chi connectivity index (χ1v) is 13.2. The maximum atomic E-state index is 13.0. The van der Waals surface area contributed by atoms with Gasteiger partial charge < -0.3 is 14.7 Å². The minimum atomic E-state index is -0.376. The van der Waals surface area contributed by atoms with E-state index < -0.39 is 0 Å². The Kier molecular flexibility index (Phi) is 8.62. The van der Waals surface area contributed by atoms with Crippen molar-refractivity contribution in [1.29, 1.82) is 0 Å². The van der Waals surface area contributed by atoms with Crippen LogP contribution in [0.2, 0.25) is 0 Å². The van der Waals surface area contributed by atoms with E-state index in [0.717, 1.165) is 41.2 Å². The van der Waals surface area contributed by atoms with E-state index in [1.54, 1.807) is 12.1 Å². The van der Waals surface area contributed by atoms with Crippen molar-refractivity contribution in [2.75, 3.05) is 4.90 Å². The topological polar surface area (TPSA) is 49.8 Å². The van der Waals surface area contributed by atoms with E-state index in [0.29, 0.717) is 23.4 Å². The third-order valence-corrected chi connectivity index (χ3v) is 6.73. The van der Waals surface area contributed by atoms with Crippen LogP contribution in [0.1, 0.15) is 61.2 Å². The average molecular weight is 496 g/mol. The van der Waals surface area contributed by atoms with Crippen LogP contribution in [0.3, 0.4) is 0 Å². The number of aliphatic hydroxyl groups is 1. The summed E-state index contributed by atoms with van der Waals surface area (Å²) in [5, 5.41) is 11.8. The molecule has 0 radical (unpaired) electrons. The van der Waals surface area contributed by atoms with Crippen LogP contribution in [0, 0.1) is 0 Å². The van der Waals surface area contributed by atoms with Crippen molar-refractivity contribution in [1.82, 2.24) is 0 Å². The Hall–Kier alpha value is -3.63. The summed E-state index contributed by atoms with van der Waals surface area (Å²) in [5.74, 6) is 0.175. The fourth-order valence-corrected chi connectivity index (χ4v) is 5.05. The van der Waals surface area contributed by atoms with Crippen LogP contribution in [-0.2, 0) is 19.4 Å². The standard InChI is InChI=1S/C33H37NO3/c1-23(2)34(24(3)4)31-14-8-10-25(20-31)9-7-13-29-19-26(22-35)15-18-32(29)37-33(36)30-17-16-27-11-5-6-12-28(27)21-30/h5-6,8,10-12,14-21,23-24,35H,7,9,13,22H2,1-4H3. The molecular weight excluding hydrogens is 458 g/mol. The summed E-state index contributed by atoms with van der Waals surface area (Å²) >= 11 is 0. The molecule has 0 unspecified atom stereocenters. The van der Waals surface area contributed by atoms with Gasteiger partial charge in [0, 0.05) is 17.8 Å². The zero-order chi connectivity index (χ0) is 26.4. The molecular formula is C33H37NO3. The van der Waals surface area contributed by atoms with E-state index >= 15 is 0 Å². The molecule has 0 aliphatic heterocycles. The molecule has 0 aliphatic rings. The molecule has 4 rings (SSSR count). The van der Waals surface area contributed by atoms with Crippen LogP contribution in [0.25, 0.3) is 10.8 Å². The SMILES string of the molecule is CC(C)N(c1cccc(CCCc2cc(CO)ccc2OC(=O)c2ccc3ccccc3c2)c1)C(C)C. The van der Waals surface area contributed by atoms with Gasteiger partial charge in [0.15, 0.2) is 0 Å². The highest BCUT2D eigenvalue weighted by Gasteiger charge is 2.15. The summed E-state index contributed by atoms with van der Waals surface area (Å²) in [7, 11) is 0. The van der Waals surface area contributed by atoms with Crippen LogP contribution < -0.4 is 9.64 Å². The van der Waals surface area contributed by atoms with Gasteiger partial charge >= 0.3 is 5.97 Å². The van der Waals surface area contributed by atoms with Gasteiger partial charge in [-0.05, 0) is 111 Å². The molecule has 192 valence electrons. The first-order valence-electron chi connectivity index (χ1n) is 13.2. The molecule has 0 aliphatic carbocycles. The third-order valence-electron chi connectivity index (χ3n) is 6.73. The second-order valence-electron chi connectivity index (χ2n) is 10.2. The molecule has 0 spiro atoms. The number of hydrogen-bond acceptors (Lipinski definition) is 4. The van der Waals surface area contributed by atoms with E-state index in [1.807, 2.05) is 48.5 Å². The third kappa shape index (κ3) is 6.58. The molecule has 4 aromatic rings. The summed E-state index contributed by atoms with van der Waals surface area (Å²) in [6.45, 7) is 8.85. The molecule has 0 aromatic heterocycles. The number of fused-ring (bicyclic) bond motifs is 1. The second-order valence-corrected chi connectivity index (χ2v) is 10.2. The van der Waals surface area contributed by atoms with Gasteiger partial charge in [-0.3, -0.25) is 0 Å². The zero-order valence-corrected chi connectivity index (χ0v) is 22.3. The highest BCUT2D eigenvalue weighted by Crippen LogP contribution is 2.26. The largest absolute Gasteiger partial charge is 0.423 e. The van der Waals surface area contributed by atoms with Crippen LogP contribution in [0.15, 0.2) is 84.9 Å². The fourth-order valence-electron chi connectivity index (χ4n) is 5.05. The molecule has 4 heteroatoms. The number of aryl methyl sites for hydroxylation is 2. The van der Waals surface area contributed by atoms with E-state index in [9.17, 15) is 9.90 Å². The number of carbonyl (C=O) groups is 1. The fraction of sp³-hybridized carbons (Fsp3) is 0.303. The lowest BCUT2D eigenvalue weighted by atomic mass is 10.0. The Morgan fingerprint density at radius 2 is 1.54 bits per heavy atom. The van der Waals surface area contributed by atoms with Crippen molar-refractivity contribution in [3.05, 3.63) is 107 Å². The number of hydrogen-bond donors (Lipinski definition) is 1. The van der Waals surface area contributed by atoms with Crippen molar-refractivity contribution in [3.63, 3.8) is 0 Å². The zero-order valence-electron chi connectivity index (χ0n) is 22.3. The lowest BCUT2D eigenvalue weighted by Gasteiger charge is -2.33. The summed E-state index contributed by atoms with van der Waals surface area (Å²) in [4.78, 5) is 15.4. The van der Waals surface area contributed by atoms with Crippen LogP contribution in [0.4, 0.5) is 5.69 Å². The lowest BCUT2D eigenvalue weighted by Crippen LogP contribution is -2.36. The molecule has 37 heavy (non-hydrogen) atoms. The number of ether oxygens (including phenoxy) is 1. The van der Waals surface area contributed by atoms with Gasteiger partial charge in [0.05, 0.1) is 12.2 Å². The van der Waals surface area contributed by atoms with Crippen molar-refractivity contribution >= 4 is 22.4 Å². The van der Waals surface area contributed by atoms with Crippen molar-refractivity contribution < 1.29 is 14.6 Å². The van der Waals surface area contributed by atoms with Gasteiger partial charge in [-0.1, -0.05) is 48.5 Å². The lowest BCUT2D eigenvalue weighted by molar-refractivity contribution is 0.0733. The highest BCUT2D eigenvalue weighted by molar-refractivity contribution is 5.96. The summed E-state index contributed by atoms with van der Waals surface area (Å²) < 4.78 is 5.86. The highest BCUT2D eigenvalue weighted by atomic mass is 16.5. The molecule has 0 amide bonds. The molecule has 4 aromatic carbocycles. The van der Waals surface area contributed by atoms with Gasteiger partial charge in [0.25, 0.3) is 0 Å². The average Bonchev–Trinajstić information content (AvgIpc) is 2.89. The second kappa shape index (κ2) is 12.1.